The summed E-state index contributed by atoms with van der Waals surface area (Å²) in [7, 11) is -2.88. The molecule has 1 aromatic heterocycles. The molecule has 118 valence electrons. The zero-order valence-corrected chi connectivity index (χ0v) is 11.6. The Balaban J connectivity index is 2.36. The molecule has 0 bridgehead atoms. The maximum Gasteiger partial charge on any atom is 0.393 e. The number of nitrogens with zero attached hydrogens (tertiary/aromatic N) is 3. The number of halogens is 3. The van der Waals surface area contributed by atoms with Crippen molar-refractivity contribution in [3.05, 3.63) is 12.3 Å². The maximum atomic E-state index is 12.9. The van der Waals surface area contributed by atoms with E-state index in [1.165, 1.54) is 13.2 Å². The Kier molecular flexibility index (Phi) is 3.74. The smallest absolute Gasteiger partial charge is 0.393 e. The van der Waals surface area contributed by atoms with Gasteiger partial charge in [-0.1, -0.05) is 0 Å². The molecule has 0 radical (unpaired) electrons. The number of alkyl halides is 3. The Bertz CT molecular complexity index is 655. The first kappa shape index (κ1) is 15.8. The molecule has 1 aliphatic rings. The molecule has 21 heavy (non-hydrogen) atoms. The molecule has 1 aliphatic heterocycles. The van der Waals surface area contributed by atoms with E-state index in [1.807, 2.05) is 0 Å². The van der Waals surface area contributed by atoms with Crippen LogP contribution in [0.25, 0.3) is 0 Å². The minimum Gasteiger partial charge on any atom is -0.481 e. The quantitative estimate of drug-likeness (QED) is 0.862. The minimum atomic E-state index is -4.78. The van der Waals surface area contributed by atoms with E-state index in [2.05, 4.69) is 5.10 Å². The van der Waals surface area contributed by atoms with E-state index in [9.17, 15) is 26.4 Å². The molecule has 1 saturated heterocycles. The van der Waals surface area contributed by atoms with Crippen molar-refractivity contribution in [2.24, 2.45) is 18.9 Å². The number of aryl methyl sites for hydroxylation is 1. The zero-order valence-electron chi connectivity index (χ0n) is 10.8. The molecule has 0 aliphatic carbocycles. The van der Waals surface area contributed by atoms with E-state index < -0.39 is 47.1 Å². The first-order valence-corrected chi connectivity index (χ1v) is 7.27. The molecule has 0 unspecified atom stereocenters. The van der Waals surface area contributed by atoms with Crippen LogP contribution in [0.3, 0.4) is 0 Å². The molecule has 2 heterocycles. The fraction of sp³-hybridized carbons (Fsp3) is 0.600. The summed E-state index contributed by atoms with van der Waals surface area (Å²) >= 11 is 0. The van der Waals surface area contributed by atoms with Gasteiger partial charge in [0.25, 0.3) is 10.0 Å². The van der Waals surface area contributed by atoms with Gasteiger partial charge in [0, 0.05) is 20.1 Å². The van der Waals surface area contributed by atoms with Gasteiger partial charge in [0.05, 0.1) is 18.0 Å². The van der Waals surface area contributed by atoms with Gasteiger partial charge in [-0.2, -0.15) is 22.6 Å². The van der Waals surface area contributed by atoms with Crippen LogP contribution in [0.4, 0.5) is 13.2 Å². The summed E-state index contributed by atoms with van der Waals surface area (Å²) in [5.74, 6) is -5.70. The monoisotopic (exact) mass is 327 g/mol. The summed E-state index contributed by atoms with van der Waals surface area (Å²) in [4.78, 5) is 10.9. The first-order chi connectivity index (χ1) is 9.55. The Morgan fingerprint density at radius 2 is 2.05 bits per heavy atom. The van der Waals surface area contributed by atoms with E-state index in [4.69, 9.17) is 5.11 Å². The van der Waals surface area contributed by atoms with Crippen molar-refractivity contribution in [2.45, 2.75) is 11.2 Å². The molecule has 0 spiro atoms. The highest BCUT2D eigenvalue weighted by molar-refractivity contribution is 7.89. The van der Waals surface area contributed by atoms with Crippen molar-refractivity contribution < 1.29 is 31.5 Å². The Hall–Kier alpha value is -1.62. The molecule has 1 fully saturated rings. The van der Waals surface area contributed by atoms with Gasteiger partial charge in [0.15, 0.2) is 5.03 Å². The van der Waals surface area contributed by atoms with Crippen LogP contribution in [-0.2, 0) is 21.9 Å². The average Bonchev–Trinajstić information content (AvgIpc) is 2.93. The second kappa shape index (κ2) is 4.98. The second-order valence-corrected chi connectivity index (χ2v) is 6.59. The highest BCUT2D eigenvalue weighted by Crippen LogP contribution is 2.39. The Morgan fingerprint density at radius 3 is 2.43 bits per heavy atom. The average molecular weight is 327 g/mol. The van der Waals surface area contributed by atoms with Crippen molar-refractivity contribution in [1.29, 1.82) is 0 Å². The normalized spacial score (nSPS) is 24.4. The molecular weight excluding hydrogens is 315 g/mol. The first-order valence-electron chi connectivity index (χ1n) is 5.83. The number of carboxylic acid groups (broad SMARTS) is 1. The van der Waals surface area contributed by atoms with Gasteiger partial charge in [0.2, 0.25) is 0 Å². The lowest BCUT2D eigenvalue weighted by molar-refractivity contribution is -0.187. The van der Waals surface area contributed by atoms with Gasteiger partial charge in [-0.25, -0.2) is 8.42 Å². The van der Waals surface area contributed by atoms with Crippen molar-refractivity contribution in [1.82, 2.24) is 14.1 Å². The van der Waals surface area contributed by atoms with Gasteiger partial charge >= 0.3 is 12.1 Å². The maximum absolute atomic E-state index is 12.9. The van der Waals surface area contributed by atoms with Crippen LogP contribution in [0.5, 0.6) is 0 Å². The van der Waals surface area contributed by atoms with Gasteiger partial charge in [-0.15, -0.1) is 0 Å². The van der Waals surface area contributed by atoms with Crippen molar-refractivity contribution in [3.63, 3.8) is 0 Å². The molecule has 2 atom stereocenters. The van der Waals surface area contributed by atoms with E-state index >= 15 is 0 Å². The molecular formula is C10H12F3N3O4S. The van der Waals surface area contributed by atoms with E-state index in [0.717, 1.165) is 10.7 Å². The van der Waals surface area contributed by atoms with E-state index in [1.54, 1.807) is 0 Å². The second-order valence-electron chi connectivity index (χ2n) is 4.71. The van der Waals surface area contributed by atoms with Crippen LogP contribution in [0.2, 0.25) is 0 Å². The third-order valence-corrected chi connectivity index (χ3v) is 5.31. The number of hydrogen-bond acceptors (Lipinski definition) is 4. The Morgan fingerprint density at radius 1 is 1.43 bits per heavy atom. The Labute approximate surface area is 118 Å². The standard InChI is InChI=1S/C10H12F3N3O4S/c1-15-8(2-3-14-15)21(19,20)16-4-6(9(17)18)7(5-16)10(11,12)13/h2-3,6-7H,4-5H2,1H3,(H,17,18)/t6-,7-/m1/s1. The van der Waals surface area contributed by atoms with Crippen molar-refractivity contribution in [2.75, 3.05) is 13.1 Å². The summed E-state index contributed by atoms with van der Waals surface area (Å²) in [6, 6.07) is 1.14. The number of aromatic nitrogens is 2. The molecule has 1 aromatic rings. The highest BCUT2D eigenvalue weighted by Gasteiger charge is 2.55. The van der Waals surface area contributed by atoms with Crippen molar-refractivity contribution >= 4 is 16.0 Å². The summed E-state index contributed by atoms with van der Waals surface area (Å²) < 4.78 is 64.6. The SMILES string of the molecule is Cn1nccc1S(=O)(=O)N1C[C@@H](C(F)(F)F)[C@H](C(=O)O)C1. The van der Waals surface area contributed by atoms with Crippen molar-refractivity contribution in [3.8, 4) is 0 Å². The van der Waals surface area contributed by atoms with E-state index in [-0.39, 0.29) is 5.03 Å². The van der Waals surface area contributed by atoms with Gasteiger partial charge in [-0.3, -0.25) is 9.48 Å². The van der Waals surface area contributed by atoms with Crippen LogP contribution in [0, 0.1) is 11.8 Å². The molecule has 11 heteroatoms. The largest absolute Gasteiger partial charge is 0.481 e. The highest BCUT2D eigenvalue weighted by atomic mass is 32.2. The number of carboxylic acids is 1. The number of aliphatic carboxylic acids is 1. The molecule has 2 rings (SSSR count). The topological polar surface area (TPSA) is 92.5 Å². The van der Waals surface area contributed by atoms with Crippen LogP contribution in [0.1, 0.15) is 0 Å². The number of rotatable bonds is 3. The van der Waals surface area contributed by atoms with Gasteiger partial charge < -0.3 is 5.11 Å². The minimum absolute atomic E-state index is 0.283. The van der Waals surface area contributed by atoms with Gasteiger partial charge in [0.1, 0.15) is 0 Å². The molecule has 0 saturated carbocycles. The fourth-order valence-electron chi connectivity index (χ4n) is 2.29. The number of sulfonamides is 1. The lowest BCUT2D eigenvalue weighted by atomic mass is 9.96. The summed E-state index contributed by atoms with van der Waals surface area (Å²) in [5.41, 5.74) is 0. The third-order valence-electron chi connectivity index (χ3n) is 3.40. The molecule has 0 amide bonds. The summed E-state index contributed by atoms with van der Waals surface area (Å²) in [6.07, 6.45) is -3.58. The predicted octanol–water partition coefficient (Wildman–Crippen LogP) is 0.304. The number of carbonyl (C=O) groups is 1. The molecule has 7 nitrogen and oxygen atoms in total. The zero-order chi connectivity index (χ0) is 16.0. The lowest BCUT2D eigenvalue weighted by Crippen LogP contribution is -2.34. The van der Waals surface area contributed by atoms with Gasteiger partial charge in [-0.05, 0) is 6.07 Å². The van der Waals surface area contributed by atoms with Crippen LogP contribution >= 0.6 is 0 Å². The van der Waals surface area contributed by atoms with Crippen LogP contribution < -0.4 is 0 Å². The summed E-state index contributed by atoms with van der Waals surface area (Å²) in [6.45, 7) is -1.62. The number of hydrogen-bond donors (Lipinski definition) is 1. The fourth-order valence-corrected chi connectivity index (χ4v) is 3.89. The van der Waals surface area contributed by atoms with E-state index in [0.29, 0.717) is 4.31 Å². The molecule has 0 aromatic carbocycles. The molecule has 1 N–H and O–H groups in total. The van der Waals surface area contributed by atoms with Crippen LogP contribution in [-0.4, -0.2) is 52.8 Å². The van der Waals surface area contributed by atoms with Crippen LogP contribution in [0.15, 0.2) is 17.3 Å². The lowest BCUT2D eigenvalue weighted by Gasteiger charge is -2.18. The third kappa shape index (κ3) is 2.75. The predicted molar refractivity (Wildman–Crippen MR) is 62.6 cm³/mol. The summed E-state index contributed by atoms with van der Waals surface area (Å²) in [5, 5.41) is 12.2.